The van der Waals surface area contributed by atoms with Gasteiger partial charge in [0.2, 0.25) is 0 Å². The smallest absolute Gasteiger partial charge is 0.0736 e. The van der Waals surface area contributed by atoms with Crippen molar-refractivity contribution in [3.8, 4) is 0 Å². The van der Waals surface area contributed by atoms with Crippen molar-refractivity contribution in [3.63, 3.8) is 0 Å². The molecule has 1 aromatic heterocycles. The minimum Gasteiger partial charge on any atom is -0.392 e. The van der Waals surface area contributed by atoms with Gasteiger partial charge >= 0.3 is 0 Å². The van der Waals surface area contributed by atoms with E-state index in [2.05, 4.69) is 46.5 Å². The van der Waals surface area contributed by atoms with Crippen LogP contribution >= 0.6 is 12.4 Å². The number of hydrogen-bond acceptors (Lipinski definition) is 4. The molecule has 0 amide bonds. The lowest BCUT2D eigenvalue weighted by atomic mass is 9.86. The fourth-order valence-corrected chi connectivity index (χ4v) is 4.80. The maximum Gasteiger partial charge on any atom is 0.0736 e. The van der Waals surface area contributed by atoms with Gasteiger partial charge in [-0.1, -0.05) is 18.2 Å². The average molecular weight is 394 g/mol. The number of likely N-dealkylation sites (tertiary alicyclic amines) is 1. The Morgan fingerprint density at radius 3 is 2.74 bits per heavy atom. The zero-order valence-corrected chi connectivity index (χ0v) is 16.8. The Labute approximate surface area is 167 Å². The van der Waals surface area contributed by atoms with Gasteiger partial charge in [-0.15, -0.1) is 12.4 Å². The number of H-pyrrole nitrogens is 1. The molecule has 0 bridgehead atoms. The summed E-state index contributed by atoms with van der Waals surface area (Å²) in [5.41, 5.74) is 3.65. The van der Waals surface area contributed by atoms with Crippen LogP contribution in [0.15, 0.2) is 24.4 Å². The number of para-hydroxylation sites is 1. The van der Waals surface area contributed by atoms with Crippen LogP contribution in [0.4, 0.5) is 0 Å². The van der Waals surface area contributed by atoms with E-state index >= 15 is 0 Å². The number of aromatic amines is 1. The number of nitrogens with zero attached hydrogens (tertiary/aromatic N) is 1. The average Bonchev–Trinajstić information content (AvgIpc) is 3.08. The number of halogens is 1. The first kappa shape index (κ1) is 20.6. The molecule has 2 aromatic rings. The first-order chi connectivity index (χ1) is 12.6. The molecule has 5 nitrogen and oxygen atoms in total. The summed E-state index contributed by atoms with van der Waals surface area (Å²) in [5, 5.41) is 26.0. The van der Waals surface area contributed by atoms with Gasteiger partial charge in [0.1, 0.15) is 0 Å². The van der Waals surface area contributed by atoms with Crippen molar-refractivity contribution in [2.75, 3.05) is 32.7 Å². The van der Waals surface area contributed by atoms with Gasteiger partial charge in [-0.05, 0) is 62.9 Å². The van der Waals surface area contributed by atoms with Gasteiger partial charge in [0.05, 0.1) is 12.2 Å². The molecular formula is C21H32ClN3O2. The van der Waals surface area contributed by atoms with Crippen LogP contribution in [0.1, 0.15) is 36.3 Å². The lowest BCUT2D eigenvalue weighted by Gasteiger charge is -2.38. The highest BCUT2D eigenvalue weighted by Crippen LogP contribution is 2.34. The Morgan fingerprint density at radius 1 is 1.22 bits per heavy atom. The molecule has 27 heavy (non-hydrogen) atoms. The monoisotopic (exact) mass is 393 g/mol. The number of benzene rings is 1. The van der Waals surface area contributed by atoms with Crippen LogP contribution in [0.2, 0.25) is 0 Å². The van der Waals surface area contributed by atoms with Crippen LogP contribution in [0.3, 0.4) is 0 Å². The van der Waals surface area contributed by atoms with Crippen molar-refractivity contribution in [2.24, 2.45) is 5.92 Å². The molecule has 0 radical (unpaired) electrons. The number of rotatable bonds is 4. The van der Waals surface area contributed by atoms with Crippen LogP contribution < -0.4 is 5.32 Å². The van der Waals surface area contributed by atoms with Gasteiger partial charge in [-0.3, -0.25) is 4.90 Å². The molecule has 3 atom stereocenters. The molecule has 2 aliphatic rings. The number of piperidine rings is 2. The highest BCUT2D eigenvalue weighted by Gasteiger charge is 2.32. The maximum atomic E-state index is 10.8. The van der Waals surface area contributed by atoms with E-state index in [9.17, 15) is 10.2 Å². The molecule has 2 aliphatic heterocycles. The van der Waals surface area contributed by atoms with Crippen LogP contribution in [0, 0.1) is 12.8 Å². The third kappa shape index (κ3) is 4.33. The third-order valence-electron chi connectivity index (χ3n) is 6.39. The first-order valence-corrected chi connectivity index (χ1v) is 9.99. The zero-order valence-electron chi connectivity index (χ0n) is 16.0. The second-order valence-electron chi connectivity index (χ2n) is 8.12. The molecule has 0 aliphatic carbocycles. The molecule has 3 unspecified atom stereocenters. The molecular weight excluding hydrogens is 362 g/mol. The summed E-state index contributed by atoms with van der Waals surface area (Å²) in [6, 6.07) is 6.35. The van der Waals surface area contributed by atoms with E-state index < -0.39 is 0 Å². The summed E-state index contributed by atoms with van der Waals surface area (Å²) in [7, 11) is 0. The molecule has 4 rings (SSSR count). The van der Waals surface area contributed by atoms with Crippen LogP contribution in [0.5, 0.6) is 0 Å². The number of aliphatic hydroxyl groups excluding tert-OH is 2. The number of β-amino-alcohol motifs (C(OH)–C–C–N with tert-alkyl or cyclic N) is 2. The van der Waals surface area contributed by atoms with E-state index in [1.165, 1.54) is 22.0 Å². The Kier molecular flexibility index (Phi) is 6.82. The topological polar surface area (TPSA) is 71.5 Å². The second-order valence-corrected chi connectivity index (χ2v) is 8.12. The fourth-order valence-electron chi connectivity index (χ4n) is 4.80. The summed E-state index contributed by atoms with van der Waals surface area (Å²) in [4.78, 5) is 5.63. The summed E-state index contributed by atoms with van der Waals surface area (Å²) < 4.78 is 0. The van der Waals surface area contributed by atoms with Gasteiger partial charge in [-0.2, -0.15) is 0 Å². The van der Waals surface area contributed by atoms with Crippen molar-refractivity contribution in [1.82, 2.24) is 15.2 Å². The van der Waals surface area contributed by atoms with E-state index in [1.807, 2.05) is 0 Å². The predicted octanol–water partition coefficient (Wildman–Crippen LogP) is 2.41. The predicted molar refractivity (Wildman–Crippen MR) is 112 cm³/mol. The van der Waals surface area contributed by atoms with Crippen molar-refractivity contribution in [1.29, 1.82) is 0 Å². The van der Waals surface area contributed by atoms with E-state index in [4.69, 9.17) is 0 Å². The summed E-state index contributed by atoms with van der Waals surface area (Å²) >= 11 is 0. The van der Waals surface area contributed by atoms with E-state index in [-0.39, 0.29) is 30.5 Å². The Bertz CT molecular complexity index is 744. The lowest BCUT2D eigenvalue weighted by Crippen LogP contribution is -2.47. The van der Waals surface area contributed by atoms with Crippen LogP contribution in [-0.2, 0) is 0 Å². The normalized spacial score (nSPS) is 26.0. The summed E-state index contributed by atoms with van der Waals surface area (Å²) in [6.07, 6.45) is 4.44. The molecule has 0 spiro atoms. The summed E-state index contributed by atoms with van der Waals surface area (Å²) in [6.45, 7) is 6.39. The van der Waals surface area contributed by atoms with Crippen LogP contribution in [0.25, 0.3) is 10.9 Å². The van der Waals surface area contributed by atoms with Crippen molar-refractivity contribution in [2.45, 2.75) is 44.3 Å². The van der Waals surface area contributed by atoms with Crippen molar-refractivity contribution >= 4 is 23.3 Å². The molecule has 3 heterocycles. The van der Waals surface area contributed by atoms with Crippen molar-refractivity contribution < 1.29 is 10.2 Å². The van der Waals surface area contributed by atoms with E-state index in [0.29, 0.717) is 19.0 Å². The minimum atomic E-state index is -0.386. The summed E-state index contributed by atoms with van der Waals surface area (Å²) in [5.74, 6) is 0.556. The largest absolute Gasteiger partial charge is 0.392 e. The van der Waals surface area contributed by atoms with E-state index in [0.717, 1.165) is 38.9 Å². The SMILES string of the molecule is Cc1cccc2c(C3CCN(CC(O)C4CCNCC4)CC3O)c[nH]c12.Cl. The molecule has 4 N–H and O–H groups in total. The van der Waals surface area contributed by atoms with Gasteiger partial charge in [0, 0.05) is 36.1 Å². The van der Waals surface area contributed by atoms with Crippen molar-refractivity contribution in [3.05, 3.63) is 35.5 Å². The van der Waals surface area contributed by atoms with Gasteiger partial charge in [-0.25, -0.2) is 0 Å². The molecule has 2 fully saturated rings. The molecule has 6 heteroatoms. The number of aryl methyl sites for hydroxylation is 1. The first-order valence-electron chi connectivity index (χ1n) is 9.99. The maximum absolute atomic E-state index is 10.8. The van der Waals surface area contributed by atoms with E-state index in [1.54, 1.807) is 0 Å². The number of fused-ring (bicyclic) bond motifs is 1. The fraction of sp³-hybridized carbons (Fsp3) is 0.619. The minimum absolute atomic E-state index is 0. The van der Waals surface area contributed by atoms with Gasteiger partial charge in [0.25, 0.3) is 0 Å². The Hall–Kier alpha value is -1.11. The number of hydrogen-bond donors (Lipinski definition) is 4. The lowest BCUT2D eigenvalue weighted by molar-refractivity contribution is 0.00501. The number of aliphatic hydroxyl groups is 2. The zero-order chi connectivity index (χ0) is 18.1. The highest BCUT2D eigenvalue weighted by molar-refractivity contribution is 5.86. The second kappa shape index (κ2) is 8.93. The quantitative estimate of drug-likeness (QED) is 0.643. The third-order valence-corrected chi connectivity index (χ3v) is 6.39. The molecule has 1 aromatic carbocycles. The molecule has 0 saturated carbocycles. The molecule has 2 saturated heterocycles. The Balaban J connectivity index is 0.00000210. The Morgan fingerprint density at radius 2 is 2.00 bits per heavy atom. The number of aromatic nitrogens is 1. The standard InChI is InChI=1S/C21H31N3O2.ClH/c1-14-3-2-4-17-18(11-23-21(14)17)16-7-10-24(13-20(16)26)12-19(25)15-5-8-22-9-6-15;/h2-4,11,15-16,19-20,22-23,25-26H,5-10,12-13H2,1H3;1H. The van der Waals surface area contributed by atoms with Gasteiger partial charge in [0.15, 0.2) is 0 Å². The molecule has 150 valence electrons. The van der Waals surface area contributed by atoms with Crippen LogP contribution in [-0.4, -0.2) is 65.0 Å². The highest BCUT2D eigenvalue weighted by atomic mass is 35.5. The number of nitrogens with one attached hydrogen (secondary N) is 2. The van der Waals surface area contributed by atoms with Gasteiger partial charge < -0.3 is 20.5 Å².